The summed E-state index contributed by atoms with van der Waals surface area (Å²) in [4.78, 5) is 2.24. The number of nitrogens with two attached hydrogens (primary N) is 1. The summed E-state index contributed by atoms with van der Waals surface area (Å²) in [6.45, 7) is 3.83. The predicted molar refractivity (Wildman–Crippen MR) is 70.3 cm³/mol. The molecule has 0 amide bonds. The molecule has 1 aliphatic rings. The molecule has 0 saturated carbocycles. The lowest BCUT2D eigenvalue weighted by Gasteiger charge is -2.33. The Morgan fingerprint density at radius 2 is 2.19 bits per heavy atom. The van der Waals surface area contributed by atoms with E-state index in [0.717, 1.165) is 31.6 Å². The average molecular weight is 243 g/mol. The molecule has 1 unspecified atom stereocenters. The van der Waals surface area contributed by atoms with Gasteiger partial charge in [0.2, 0.25) is 0 Å². The smallest absolute Gasteiger partial charge is 0.0715 e. The molecule has 0 radical (unpaired) electrons. The molecule has 4 heteroatoms. The molecule has 1 aromatic rings. The Balaban J connectivity index is 0.00000128. The van der Waals surface area contributed by atoms with E-state index in [9.17, 15) is 5.11 Å². The van der Waals surface area contributed by atoms with Crippen LogP contribution in [-0.4, -0.2) is 24.3 Å². The highest BCUT2D eigenvalue weighted by Gasteiger charge is 2.18. The minimum Gasteiger partial charge on any atom is -0.399 e. The van der Waals surface area contributed by atoms with Gasteiger partial charge in [-0.2, -0.15) is 0 Å². The maximum Gasteiger partial charge on any atom is 0.0715 e. The Kier molecular flexibility index (Phi) is 4.44. The van der Waals surface area contributed by atoms with E-state index in [1.165, 1.54) is 11.3 Å². The molecule has 0 spiro atoms. The largest absolute Gasteiger partial charge is 0.399 e. The van der Waals surface area contributed by atoms with Crippen molar-refractivity contribution in [2.24, 2.45) is 0 Å². The molecule has 1 atom stereocenters. The number of benzene rings is 1. The second-order valence-electron chi connectivity index (χ2n) is 4.29. The Bertz CT molecular complexity index is 357. The minimum atomic E-state index is -0.185. The second-order valence-corrected chi connectivity index (χ2v) is 4.29. The van der Waals surface area contributed by atoms with Gasteiger partial charge >= 0.3 is 0 Å². The van der Waals surface area contributed by atoms with Crippen molar-refractivity contribution in [2.45, 2.75) is 25.9 Å². The van der Waals surface area contributed by atoms with Crippen molar-refractivity contribution in [3.8, 4) is 0 Å². The molecule has 90 valence electrons. The van der Waals surface area contributed by atoms with Gasteiger partial charge < -0.3 is 15.7 Å². The molecule has 1 heterocycles. The first-order valence-electron chi connectivity index (χ1n) is 5.46. The predicted octanol–water partition coefficient (Wildman–Crippen LogP) is 1.96. The van der Waals surface area contributed by atoms with Crippen molar-refractivity contribution >= 4 is 23.8 Å². The first kappa shape index (κ1) is 13.1. The first-order chi connectivity index (χ1) is 7.16. The zero-order chi connectivity index (χ0) is 10.8. The molecule has 1 aromatic carbocycles. The number of aryl methyl sites for hydroxylation is 1. The summed E-state index contributed by atoms with van der Waals surface area (Å²) in [6, 6.07) is 5.95. The fraction of sp³-hybridized carbons (Fsp3) is 0.500. The van der Waals surface area contributed by atoms with Crippen LogP contribution in [0.3, 0.4) is 0 Å². The Morgan fingerprint density at radius 1 is 1.44 bits per heavy atom. The molecule has 3 nitrogen and oxygen atoms in total. The van der Waals surface area contributed by atoms with Crippen molar-refractivity contribution in [1.82, 2.24) is 0 Å². The van der Waals surface area contributed by atoms with Crippen LogP contribution in [0.15, 0.2) is 18.2 Å². The SMILES string of the molecule is Cc1cc(N)ccc1N1CCCC(O)C1.Cl. The highest BCUT2D eigenvalue weighted by molar-refractivity contribution is 5.85. The van der Waals surface area contributed by atoms with Crippen LogP contribution in [0.4, 0.5) is 11.4 Å². The molecule has 0 aromatic heterocycles. The number of hydrogen-bond acceptors (Lipinski definition) is 3. The number of anilines is 2. The summed E-state index contributed by atoms with van der Waals surface area (Å²) in [5.41, 5.74) is 8.90. The van der Waals surface area contributed by atoms with Crippen LogP contribution < -0.4 is 10.6 Å². The van der Waals surface area contributed by atoms with E-state index in [0.29, 0.717) is 0 Å². The summed E-state index contributed by atoms with van der Waals surface area (Å²) in [7, 11) is 0. The van der Waals surface area contributed by atoms with Gasteiger partial charge in [0.1, 0.15) is 0 Å². The molecule has 0 aliphatic carbocycles. The summed E-state index contributed by atoms with van der Waals surface area (Å²) in [5.74, 6) is 0. The van der Waals surface area contributed by atoms with E-state index in [2.05, 4.69) is 11.8 Å². The van der Waals surface area contributed by atoms with Gasteiger partial charge in [-0.3, -0.25) is 0 Å². The average Bonchev–Trinajstić information content (AvgIpc) is 2.17. The maximum atomic E-state index is 9.62. The summed E-state index contributed by atoms with van der Waals surface area (Å²) in [5, 5.41) is 9.62. The quantitative estimate of drug-likeness (QED) is 0.741. The zero-order valence-electron chi connectivity index (χ0n) is 9.52. The number of hydrogen-bond donors (Lipinski definition) is 2. The summed E-state index contributed by atoms with van der Waals surface area (Å²) < 4.78 is 0. The van der Waals surface area contributed by atoms with Crippen molar-refractivity contribution in [3.63, 3.8) is 0 Å². The number of β-amino-alcohol motifs (C(OH)–C–C–N with tert-alkyl or cyclic N) is 1. The maximum absolute atomic E-state index is 9.62. The van der Waals surface area contributed by atoms with Crippen LogP contribution >= 0.6 is 12.4 Å². The lowest BCUT2D eigenvalue weighted by atomic mass is 10.1. The number of nitrogens with zero attached hydrogens (tertiary/aromatic N) is 1. The monoisotopic (exact) mass is 242 g/mol. The van der Waals surface area contributed by atoms with Crippen molar-refractivity contribution in [2.75, 3.05) is 23.7 Å². The fourth-order valence-electron chi connectivity index (χ4n) is 2.21. The van der Waals surface area contributed by atoms with Gasteiger partial charge in [0.15, 0.2) is 0 Å². The first-order valence-corrected chi connectivity index (χ1v) is 5.46. The van der Waals surface area contributed by atoms with Gasteiger partial charge in [-0.15, -0.1) is 12.4 Å². The van der Waals surface area contributed by atoms with E-state index in [-0.39, 0.29) is 18.5 Å². The van der Waals surface area contributed by atoms with Gasteiger partial charge in [-0.05, 0) is 43.5 Å². The van der Waals surface area contributed by atoms with Crippen LogP contribution in [0.1, 0.15) is 18.4 Å². The molecule has 1 aliphatic heterocycles. The molecule has 16 heavy (non-hydrogen) atoms. The number of rotatable bonds is 1. The molecular formula is C12H19ClN2O. The van der Waals surface area contributed by atoms with Crippen molar-refractivity contribution in [1.29, 1.82) is 0 Å². The molecular weight excluding hydrogens is 224 g/mol. The molecule has 1 saturated heterocycles. The Hall–Kier alpha value is -0.930. The van der Waals surface area contributed by atoms with Crippen molar-refractivity contribution < 1.29 is 5.11 Å². The van der Waals surface area contributed by atoms with Gasteiger partial charge in [0.25, 0.3) is 0 Å². The molecule has 1 fully saturated rings. The van der Waals surface area contributed by atoms with Gasteiger partial charge in [0, 0.05) is 24.5 Å². The van der Waals surface area contributed by atoms with Gasteiger partial charge in [-0.25, -0.2) is 0 Å². The Labute approximate surface area is 103 Å². The van der Waals surface area contributed by atoms with E-state index < -0.39 is 0 Å². The van der Waals surface area contributed by atoms with E-state index in [1.54, 1.807) is 0 Å². The third-order valence-electron chi connectivity index (χ3n) is 2.96. The lowest BCUT2D eigenvalue weighted by Crippen LogP contribution is -2.38. The highest BCUT2D eigenvalue weighted by atomic mass is 35.5. The third-order valence-corrected chi connectivity index (χ3v) is 2.96. The third kappa shape index (κ3) is 2.80. The summed E-state index contributed by atoms with van der Waals surface area (Å²) in [6.07, 6.45) is 1.80. The fourth-order valence-corrected chi connectivity index (χ4v) is 2.21. The number of aliphatic hydroxyl groups is 1. The van der Waals surface area contributed by atoms with Crippen LogP contribution in [-0.2, 0) is 0 Å². The standard InChI is InChI=1S/C12H18N2O.ClH/c1-9-7-10(13)4-5-12(9)14-6-2-3-11(15)8-14;/h4-5,7,11,15H,2-3,6,8,13H2,1H3;1H. The number of aliphatic hydroxyl groups excluding tert-OH is 1. The minimum absolute atomic E-state index is 0. The second kappa shape index (κ2) is 5.41. The van der Waals surface area contributed by atoms with E-state index in [1.807, 2.05) is 18.2 Å². The van der Waals surface area contributed by atoms with Gasteiger partial charge in [0.05, 0.1) is 6.10 Å². The van der Waals surface area contributed by atoms with Gasteiger partial charge in [-0.1, -0.05) is 0 Å². The number of nitrogen functional groups attached to an aromatic ring is 1. The van der Waals surface area contributed by atoms with Crippen LogP contribution in [0.25, 0.3) is 0 Å². The van der Waals surface area contributed by atoms with Crippen LogP contribution in [0.5, 0.6) is 0 Å². The number of piperidine rings is 1. The van der Waals surface area contributed by atoms with Crippen LogP contribution in [0, 0.1) is 6.92 Å². The van der Waals surface area contributed by atoms with E-state index >= 15 is 0 Å². The normalized spacial score (nSPS) is 20.4. The molecule has 2 rings (SSSR count). The topological polar surface area (TPSA) is 49.5 Å². The van der Waals surface area contributed by atoms with Crippen LogP contribution in [0.2, 0.25) is 0 Å². The molecule has 3 N–H and O–H groups in total. The Morgan fingerprint density at radius 3 is 2.81 bits per heavy atom. The van der Waals surface area contributed by atoms with Crippen molar-refractivity contribution in [3.05, 3.63) is 23.8 Å². The molecule has 0 bridgehead atoms. The lowest BCUT2D eigenvalue weighted by molar-refractivity contribution is 0.154. The number of halogens is 1. The zero-order valence-corrected chi connectivity index (χ0v) is 10.3. The highest BCUT2D eigenvalue weighted by Crippen LogP contribution is 2.25. The van der Waals surface area contributed by atoms with E-state index in [4.69, 9.17) is 5.73 Å². The summed E-state index contributed by atoms with van der Waals surface area (Å²) >= 11 is 0.